The Labute approximate surface area is 171 Å². The van der Waals surface area contributed by atoms with Crippen molar-refractivity contribution in [3.8, 4) is 0 Å². The minimum atomic E-state index is -1.13. The summed E-state index contributed by atoms with van der Waals surface area (Å²) in [6.07, 6.45) is 7.05. The van der Waals surface area contributed by atoms with Crippen LogP contribution in [0.2, 0.25) is 0 Å². The molecule has 1 unspecified atom stereocenters. The number of rotatable bonds is 4. The fourth-order valence-corrected chi connectivity index (χ4v) is 6.67. The van der Waals surface area contributed by atoms with Gasteiger partial charge < -0.3 is 10.6 Å². The van der Waals surface area contributed by atoms with Crippen LogP contribution in [0.15, 0.2) is 24.3 Å². The van der Waals surface area contributed by atoms with Gasteiger partial charge in [-0.3, -0.25) is 14.5 Å². The number of carbonyl (C=O) groups is 3. The number of carbonyl (C=O) groups excluding carboxylic acids is 3. The van der Waals surface area contributed by atoms with E-state index in [1.165, 1.54) is 19.3 Å². The molecular weight excluding hydrogens is 366 g/mol. The van der Waals surface area contributed by atoms with E-state index in [4.69, 9.17) is 0 Å². The summed E-state index contributed by atoms with van der Waals surface area (Å²) in [5, 5.41) is 6.04. The molecule has 1 aromatic rings. The van der Waals surface area contributed by atoms with Crippen LogP contribution in [-0.2, 0) is 15.1 Å². The third-order valence-electron chi connectivity index (χ3n) is 7.65. The van der Waals surface area contributed by atoms with Gasteiger partial charge in [0.15, 0.2) is 0 Å². The zero-order valence-electron chi connectivity index (χ0n) is 17.2. The molecule has 2 N–H and O–H groups in total. The number of urea groups is 1. The van der Waals surface area contributed by atoms with Crippen molar-refractivity contribution in [1.82, 2.24) is 15.5 Å². The van der Waals surface area contributed by atoms with Gasteiger partial charge in [0.25, 0.3) is 5.91 Å². The van der Waals surface area contributed by atoms with Crippen molar-refractivity contribution in [2.45, 2.75) is 63.5 Å². The van der Waals surface area contributed by atoms with Crippen molar-refractivity contribution >= 4 is 17.8 Å². The number of nitrogens with zero attached hydrogens (tertiary/aromatic N) is 1. The van der Waals surface area contributed by atoms with Gasteiger partial charge in [0.2, 0.25) is 5.91 Å². The molecule has 4 aliphatic carbocycles. The average Bonchev–Trinajstić information content (AvgIpc) is 2.84. The van der Waals surface area contributed by atoms with Crippen molar-refractivity contribution in [3.05, 3.63) is 35.4 Å². The molecule has 4 amide bonds. The Morgan fingerprint density at radius 1 is 1.07 bits per heavy atom. The Morgan fingerprint density at radius 2 is 1.62 bits per heavy atom. The van der Waals surface area contributed by atoms with Crippen LogP contribution in [0.25, 0.3) is 0 Å². The molecular formula is C23H29N3O3. The molecule has 1 aliphatic heterocycles. The molecule has 0 aromatic heterocycles. The number of imide groups is 1. The molecule has 1 atom stereocenters. The van der Waals surface area contributed by atoms with Crippen LogP contribution in [0.4, 0.5) is 4.79 Å². The highest BCUT2D eigenvalue weighted by Crippen LogP contribution is 2.55. The van der Waals surface area contributed by atoms with E-state index in [1.807, 2.05) is 31.2 Å². The fourth-order valence-electron chi connectivity index (χ4n) is 6.67. The summed E-state index contributed by atoms with van der Waals surface area (Å²) in [5.41, 5.74) is 0.559. The summed E-state index contributed by atoms with van der Waals surface area (Å²) in [7, 11) is 0. The third kappa shape index (κ3) is 3.04. The molecule has 5 aliphatic rings. The van der Waals surface area contributed by atoms with Gasteiger partial charge in [-0.1, -0.05) is 29.8 Å². The van der Waals surface area contributed by atoms with E-state index < -0.39 is 11.6 Å². The number of hydrogen-bond acceptors (Lipinski definition) is 3. The Kier molecular flexibility index (Phi) is 4.06. The molecule has 6 rings (SSSR count). The fraction of sp³-hybridized carbons (Fsp3) is 0.609. The van der Waals surface area contributed by atoms with Crippen molar-refractivity contribution in [2.24, 2.45) is 17.8 Å². The van der Waals surface area contributed by atoms with Gasteiger partial charge >= 0.3 is 6.03 Å². The minimum Gasteiger partial charge on any atom is -0.349 e. The molecule has 4 saturated carbocycles. The van der Waals surface area contributed by atoms with E-state index in [2.05, 4.69) is 10.6 Å². The molecule has 1 saturated heterocycles. The van der Waals surface area contributed by atoms with Gasteiger partial charge in [-0.25, -0.2) is 4.79 Å². The second kappa shape index (κ2) is 6.31. The maximum Gasteiger partial charge on any atom is 0.325 e. The van der Waals surface area contributed by atoms with E-state index in [0.29, 0.717) is 0 Å². The summed E-state index contributed by atoms with van der Waals surface area (Å²) < 4.78 is 0. The maximum atomic E-state index is 13.1. The van der Waals surface area contributed by atoms with Crippen LogP contribution in [0.5, 0.6) is 0 Å². The van der Waals surface area contributed by atoms with Gasteiger partial charge in [0.05, 0.1) is 0 Å². The topological polar surface area (TPSA) is 78.5 Å². The average molecular weight is 396 g/mol. The van der Waals surface area contributed by atoms with Crippen molar-refractivity contribution in [1.29, 1.82) is 0 Å². The highest BCUT2D eigenvalue weighted by Gasteiger charge is 2.53. The van der Waals surface area contributed by atoms with Crippen LogP contribution in [0.3, 0.4) is 0 Å². The lowest BCUT2D eigenvalue weighted by molar-refractivity contribution is -0.136. The first-order valence-electron chi connectivity index (χ1n) is 10.8. The third-order valence-corrected chi connectivity index (χ3v) is 7.65. The first-order chi connectivity index (χ1) is 13.8. The highest BCUT2D eigenvalue weighted by molar-refractivity contribution is 6.09. The van der Waals surface area contributed by atoms with Gasteiger partial charge in [-0.05, 0) is 75.7 Å². The van der Waals surface area contributed by atoms with E-state index in [-0.39, 0.29) is 23.9 Å². The van der Waals surface area contributed by atoms with Gasteiger partial charge in [0.1, 0.15) is 12.1 Å². The maximum absolute atomic E-state index is 13.1. The first kappa shape index (κ1) is 18.6. The SMILES string of the molecule is Cc1ccc(C2(C)NC(=O)N(CC(=O)NC34CC5CC(CC(C5)C3)C4)C2=O)cc1. The molecule has 5 fully saturated rings. The Bertz CT molecular complexity index is 843. The summed E-state index contributed by atoms with van der Waals surface area (Å²) in [6.45, 7) is 3.46. The predicted octanol–water partition coefficient (Wildman–Crippen LogP) is 2.85. The summed E-state index contributed by atoms with van der Waals surface area (Å²) in [4.78, 5) is 39.6. The summed E-state index contributed by atoms with van der Waals surface area (Å²) in [5.74, 6) is 1.59. The van der Waals surface area contributed by atoms with Crippen LogP contribution in [-0.4, -0.2) is 34.8 Å². The van der Waals surface area contributed by atoms with E-state index in [1.54, 1.807) is 6.92 Å². The Balaban J connectivity index is 1.29. The predicted molar refractivity (Wildman–Crippen MR) is 108 cm³/mol. The quantitative estimate of drug-likeness (QED) is 0.770. The number of hydrogen-bond donors (Lipinski definition) is 2. The van der Waals surface area contributed by atoms with Gasteiger partial charge in [-0.15, -0.1) is 0 Å². The molecule has 0 radical (unpaired) electrons. The molecule has 4 bridgehead atoms. The van der Waals surface area contributed by atoms with Crippen LogP contribution in [0, 0.1) is 24.7 Å². The zero-order chi connectivity index (χ0) is 20.4. The van der Waals surface area contributed by atoms with Crippen molar-refractivity contribution in [3.63, 3.8) is 0 Å². The number of aryl methyl sites for hydroxylation is 1. The number of benzene rings is 1. The molecule has 6 nitrogen and oxygen atoms in total. The lowest BCUT2D eigenvalue weighted by Gasteiger charge is -2.56. The molecule has 6 heteroatoms. The van der Waals surface area contributed by atoms with Gasteiger partial charge in [0, 0.05) is 5.54 Å². The monoisotopic (exact) mass is 395 g/mol. The standard InChI is InChI=1S/C23H29N3O3/c1-14-3-5-18(6-4-14)22(2)20(28)26(21(29)25-22)13-19(27)24-23-10-15-7-16(11-23)9-17(8-15)12-23/h3-6,15-17H,7-13H2,1-2H3,(H,24,27)(H,25,29). The van der Waals surface area contributed by atoms with E-state index in [0.717, 1.165) is 53.0 Å². The van der Waals surface area contributed by atoms with Crippen molar-refractivity contribution < 1.29 is 14.4 Å². The van der Waals surface area contributed by atoms with Gasteiger partial charge in [-0.2, -0.15) is 0 Å². The van der Waals surface area contributed by atoms with E-state index in [9.17, 15) is 14.4 Å². The Morgan fingerprint density at radius 3 is 2.17 bits per heavy atom. The van der Waals surface area contributed by atoms with Crippen LogP contribution >= 0.6 is 0 Å². The first-order valence-corrected chi connectivity index (χ1v) is 10.8. The molecule has 154 valence electrons. The smallest absolute Gasteiger partial charge is 0.325 e. The molecule has 0 spiro atoms. The zero-order valence-corrected chi connectivity index (χ0v) is 17.2. The number of nitrogens with one attached hydrogen (secondary N) is 2. The summed E-state index contributed by atoms with van der Waals surface area (Å²) in [6, 6.07) is 7.04. The normalized spacial score (nSPS) is 37.7. The van der Waals surface area contributed by atoms with Crippen LogP contribution < -0.4 is 10.6 Å². The van der Waals surface area contributed by atoms with E-state index >= 15 is 0 Å². The number of amides is 4. The second-order valence-electron chi connectivity index (χ2n) is 10.1. The van der Waals surface area contributed by atoms with Crippen molar-refractivity contribution in [2.75, 3.05) is 6.54 Å². The Hall–Kier alpha value is -2.37. The summed E-state index contributed by atoms with van der Waals surface area (Å²) >= 11 is 0. The molecule has 29 heavy (non-hydrogen) atoms. The molecule has 1 heterocycles. The highest BCUT2D eigenvalue weighted by atomic mass is 16.2. The lowest BCUT2D eigenvalue weighted by atomic mass is 9.53. The van der Waals surface area contributed by atoms with Crippen LogP contribution in [0.1, 0.15) is 56.6 Å². The molecule has 1 aromatic carbocycles. The second-order valence-corrected chi connectivity index (χ2v) is 10.1. The minimum absolute atomic E-state index is 0.120. The lowest BCUT2D eigenvalue weighted by Crippen LogP contribution is -2.61. The largest absolute Gasteiger partial charge is 0.349 e.